The van der Waals surface area contributed by atoms with Crippen molar-refractivity contribution in [2.45, 2.75) is 56.9 Å². The zero-order valence-electron chi connectivity index (χ0n) is 19.1. The van der Waals surface area contributed by atoms with Gasteiger partial charge in [-0.25, -0.2) is 9.69 Å². The Bertz CT molecular complexity index is 1220. The number of carbonyl (C=O) groups excluding carboxylic acids is 3. The van der Waals surface area contributed by atoms with Gasteiger partial charge in [-0.15, -0.1) is 0 Å². The zero-order chi connectivity index (χ0) is 24.7. The monoisotopic (exact) mass is 475 g/mol. The Balaban J connectivity index is 1.43. The molecule has 0 spiro atoms. The Hall–Kier alpha value is -3.37. The molecule has 1 aromatic carbocycles. The summed E-state index contributed by atoms with van der Waals surface area (Å²) in [6, 6.07) is 3.42. The fourth-order valence-electron chi connectivity index (χ4n) is 5.13. The molecule has 3 aliphatic rings. The van der Waals surface area contributed by atoms with Gasteiger partial charge in [0.15, 0.2) is 0 Å². The molecule has 3 aliphatic heterocycles. The van der Waals surface area contributed by atoms with E-state index < -0.39 is 35.8 Å². The van der Waals surface area contributed by atoms with Crippen LogP contribution in [-0.4, -0.2) is 62.1 Å². The van der Waals surface area contributed by atoms with Crippen molar-refractivity contribution in [2.75, 3.05) is 11.4 Å². The van der Waals surface area contributed by atoms with E-state index in [4.69, 9.17) is 0 Å². The minimum absolute atomic E-state index is 0.127. The van der Waals surface area contributed by atoms with Crippen molar-refractivity contribution in [3.05, 3.63) is 47.3 Å². The summed E-state index contributed by atoms with van der Waals surface area (Å²) in [4.78, 5) is 43.6. The van der Waals surface area contributed by atoms with Gasteiger partial charge in [0.05, 0.1) is 29.0 Å². The zero-order valence-corrected chi connectivity index (χ0v) is 19.1. The largest absolute Gasteiger partial charge is 0.416 e. The van der Waals surface area contributed by atoms with Gasteiger partial charge in [0.25, 0.3) is 11.8 Å². The lowest BCUT2D eigenvalue weighted by atomic mass is 9.92. The minimum Gasteiger partial charge on any atom is -0.330 e. The number of aromatic nitrogens is 2. The highest BCUT2D eigenvalue weighted by atomic mass is 19.4. The summed E-state index contributed by atoms with van der Waals surface area (Å²) in [6.07, 6.45) is -4.15. The number of nitrogens with zero attached hydrogens (tertiary/aromatic N) is 5. The molecule has 2 bridgehead atoms. The average molecular weight is 475 g/mol. The summed E-state index contributed by atoms with van der Waals surface area (Å²) >= 11 is 0. The van der Waals surface area contributed by atoms with E-state index in [-0.39, 0.29) is 29.6 Å². The molecule has 4 heterocycles. The van der Waals surface area contributed by atoms with Crippen LogP contribution in [0, 0.1) is 0 Å². The molecule has 8 nitrogen and oxygen atoms in total. The summed E-state index contributed by atoms with van der Waals surface area (Å²) < 4.78 is 41.0. The fraction of sp³-hybridized carbons (Fsp3) is 0.478. The van der Waals surface area contributed by atoms with Crippen LogP contribution < -0.4 is 4.90 Å². The van der Waals surface area contributed by atoms with Gasteiger partial charge in [-0.1, -0.05) is 26.8 Å². The maximum atomic E-state index is 13.4. The van der Waals surface area contributed by atoms with Gasteiger partial charge in [0.2, 0.25) is 0 Å². The smallest absolute Gasteiger partial charge is 0.330 e. The number of likely N-dealkylation sites (tertiary alicyclic amines) is 1. The Kier molecular flexibility index (Phi) is 4.66. The first kappa shape index (κ1) is 22.4. The van der Waals surface area contributed by atoms with E-state index in [0.29, 0.717) is 12.1 Å². The van der Waals surface area contributed by atoms with Crippen molar-refractivity contribution < 1.29 is 27.6 Å². The maximum Gasteiger partial charge on any atom is 0.416 e. The average Bonchev–Trinajstić information content (AvgIpc) is 3.48. The van der Waals surface area contributed by atoms with Crippen LogP contribution in [0.4, 0.5) is 23.7 Å². The van der Waals surface area contributed by atoms with Crippen LogP contribution in [0.1, 0.15) is 48.9 Å². The first-order valence-corrected chi connectivity index (χ1v) is 11.0. The molecular formula is C23H24F3N5O3. The number of halogens is 3. The number of amides is 4. The highest BCUT2D eigenvalue weighted by molar-refractivity contribution is 6.22. The fourth-order valence-corrected chi connectivity index (χ4v) is 5.13. The molecule has 2 unspecified atom stereocenters. The molecule has 5 rings (SSSR count). The second kappa shape index (κ2) is 7.07. The molecule has 3 atom stereocenters. The number of anilines is 1. The van der Waals surface area contributed by atoms with Crippen molar-refractivity contribution in [1.82, 2.24) is 19.6 Å². The predicted octanol–water partition coefficient (Wildman–Crippen LogP) is 3.17. The van der Waals surface area contributed by atoms with Crippen LogP contribution in [0.25, 0.3) is 0 Å². The molecule has 3 fully saturated rings. The summed E-state index contributed by atoms with van der Waals surface area (Å²) in [5.41, 5.74) is -0.180. The van der Waals surface area contributed by atoms with E-state index in [9.17, 15) is 27.6 Å². The standard InChI is InChI=1S/C23H24F3N5O3/c1-22(2,3)17-10-16(28(4)27-17)19(32)29-11-14-9-15(29)18-20(33)31(21(34)30(14)18)13-7-5-6-12(8-13)23(24,25)26/h5-8,10,14-15,18H,9,11H2,1-4H3/t14?,15?,18-/m1/s1. The molecule has 0 aliphatic carbocycles. The molecule has 4 amide bonds. The molecule has 0 N–H and O–H groups in total. The van der Waals surface area contributed by atoms with Gasteiger partial charge in [0, 0.05) is 19.0 Å². The van der Waals surface area contributed by atoms with E-state index in [0.717, 1.165) is 22.7 Å². The predicted molar refractivity (Wildman–Crippen MR) is 115 cm³/mol. The van der Waals surface area contributed by atoms with Gasteiger partial charge >= 0.3 is 12.2 Å². The van der Waals surface area contributed by atoms with E-state index in [1.807, 2.05) is 20.8 Å². The maximum absolute atomic E-state index is 13.4. The number of aryl methyl sites for hydroxylation is 1. The third-order valence-corrected chi connectivity index (χ3v) is 6.82. The number of benzene rings is 1. The molecule has 3 saturated heterocycles. The molecule has 1 aromatic heterocycles. The van der Waals surface area contributed by atoms with Crippen molar-refractivity contribution in [1.29, 1.82) is 0 Å². The minimum atomic E-state index is -4.60. The lowest BCUT2D eigenvalue weighted by molar-refractivity contribution is -0.137. The summed E-state index contributed by atoms with van der Waals surface area (Å²) in [5, 5.41) is 4.45. The number of alkyl halides is 3. The first-order chi connectivity index (χ1) is 15.8. The third kappa shape index (κ3) is 3.20. The second-order valence-corrected chi connectivity index (χ2v) is 10.1. The van der Waals surface area contributed by atoms with Crippen molar-refractivity contribution in [3.8, 4) is 0 Å². The van der Waals surface area contributed by atoms with Crippen molar-refractivity contribution >= 4 is 23.5 Å². The van der Waals surface area contributed by atoms with Crippen molar-refractivity contribution in [3.63, 3.8) is 0 Å². The number of urea groups is 1. The number of piperazine rings is 1. The van der Waals surface area contributed by atoms with E-state index >= 15 is 0 Å². The van der Waals surface area contributed by atoms with Crippen LogP contribution in [0.15, 0.2) is 30.3 Å². The number of carbonyl (C=O) groups is 3. The molecule has 0 radical (unpaired) electrons. The van der Waals surface area contributed by atoms with E-state index in [1.54, 1.807) is 18.0 Å². The topological polar surface area (TPSA) is 78.8 Å². The quantitative estimate of drug-likeness (QED) is 0.625. The highest BCUT2D eigenvalue weighted by Crippen LogP contribution is 2.43. The number of fused-ring (bicyclic) bond motifs is 5. The van der Waals surface area contributed by atoms with Gasteiger partial charge in [-0.3, -0.25) is 14.3 Å². The second-order valence-electron chi connectivity index (χ2n) is 10.1. The third-order valence-electron chi connectivity index (χ3n) is 6.82. The Morgan fingerprint density at radius 2 is 1.82 bits per heavy atom. The van der Waals surface area contributed by atoms with Gasteiger partial charge < -0.3 is 9.80 Å². The molecular weight excluding hydrogens is 451 g/mol. The normalized spacial score (nSPS) is 24.4. The molecule has 2 aromatic rings. The van der Waals surface area contributed by atoms with Crippen molar-refractivity contribution in [2.24, 2.45) is 7.05 Å². The van der Waals surface area contributed by atoms with Crippen LogP contribution in [0.2, 0.25) is 0 Å². The lowest BCUT2D eigenvalue weighted by Crippen LogP contribution is -2.55. The highest BCUT2D eigenvalue weighted by Gasteiger charge is 2.63. The Labute approximate surface area is 193 Å². The van der Waals surface area contributed by atoms with Gasteiger partial charge in [0.1, 0.15) is 11.7 Å². The number of hydrogen-bond donors (Lipinski definition) is 0. The first-order valence-electron chi connectivity index (χ1n) is 11.0. The summed E-state index contributed by atoms with van der Waals surface area (Å²) in [7, 11) is 1.68. The lowest BCUT2D eigenvalue weighted by Gasteiger charge is -2.34. The molecule has 0 saturated carbocycles. The van der Waals surface area contributed by atoms with Crippen LogP contribution in [0.5, 0.6) is 0 Å². The van der Waals surface area contributed by atoms with E-state index in [1.165, 1.54) is 21.7 Å². The summed E-state index contributed by atoms with van der Waals surface area (Å²) in [6.45, 7) is 6.23. The van der Waals surface area contributed by atoms with Crippen LogP contribution >= 0.6 is 0 Å². The summed E-state index contributed by atoms with van der Waals surface area (Å²) in [5.74, 6) is -0.898. The van der Waals surface area contributed by atoms with Gasteiger partial charge in [-0.2, -0.15) is 18.3 Å². The number of rotatable bonds is 2. The van der Waals surface area contributed by atoms with Crippen LogP contribution in [-0.2, 0) is 23.4 Å². The molecule has 34 heavy (non-hydrogen) atoms. The Morgan fingerprint density at radius 1 is 1.12 bits per heavy atom. The Morgan fingerprint density at radius 3 is 2.44 bits per heavy atom. The van der Waals surface area contributed by atoms with E-state index in [2.05, 4.69) is 5.10 Å². The SMILES string of the molecule is Cn1nc(C(C)(C)C)cc1C(=O)N1CC2CC1[C@@H]1C(=O)N(c3cccc(C(F)(F)F)c3)C(=O)N21. The van der Waals surface area contributed by atoms with Gasteiger partial charge in [-0.05, 0) is 30.7 Å². The number of hydrogen-bond acceptors (Lipinski definition) is 4. The number of imide groups is 1. The molecule has 180 valence electrons. The molecule has 11 heteroatoms. The van der Waals surface area contributed by atoms with Crippen LogP contribution in [0.3, 0.4) is 0 Å².